The molecule has 0 aliphatic heterocycles. The highest BCUT2D eigenvalue weighted by Crippen LogP contribution is 2.26. The molecule has 2 aromatic heterocycles. The number of benzene rings is 1. The number of hydrogen-bond donors (Lipinski definition) is 1. The Hall–Kier alpha value is -3.17. The molecule has 3 rings (SSSR count). The molecule has 0 spiro atoms. The van der Waals surface area contributed by atoms with E-state index in [1.165, 1.54) is 6.20 Å². The van der Waals surface area contributed by atoms with Crippen molar-refractivity contribution in [1.29, 1.82) is 0 Å². The number of alkyl halides is 3. The molecule has 0 saturated carbocycles. The summed E-state index contributed by atoms with van der Waals surface area (Å²) < 4.78 is 41.0. The topological polar surface area (TPSA) is 91.6 Å². The fraction of sp³-hybridized carbons (Fsp3) is 0.250. The number of nitrogens with two attached hydrogens (primary N) is 1. The lowest BCUT2D eigenvalue weighted by Crippen LogP contribution is -2.20. The third kappa shape index (κ3) is 3.73. The van der Waals surface area contributed by atoms with Crippen LogP contribution in [0.15, 0.2) is 36.5 Å². The van der Waals surface area contributed by atoms with Gasteiger partial charge in [-0.15, -0.1) is 0 Å². The quantitative estimate of drug-likeness (QED) is 0.749. The van der Waals surface area contributed by atoms with Crippen LogP contribution in [0.1, 0.15) is 5.82 Å². The summed E-state index contributed by atoms with van der Waals surface area (Å²) in [4.78, 5) is 19.4. The SMILES string of the molecule is Cn1c(-c2nc(CC(N)=O)nn2CC(F)(F)F)cnc1-c1ccccc1. The molecule has 1 aromatic carbocycles. The van der Waals surface area contributed by atoms with Crippen molar-refractivity contribution in [3.05, 3.63) is 42.4 Å². The molecule has 0 radical (unpaired) electrons. The number of nitrogens with zero attached hydrogens (tertiary/aromatic N) is 5. The summed E-state index contributed by atoms with van der Waals surface area (Å²) in [6, 6.07) is 9.20. The van der Waals surface area contributed by atoms with E-state index in [2.05, 4.69) is 15.1 Å². The van der Waals surface area contributed by atoms with E-state index in [0.717, 1.165) is 5.56 Å². The fourth-order valence-electron chi connectivity index (χ4n) is 2.56. The molecule has 0 bridgehead atoms. The van der Waals surface area contributed by atoms with Gasteiger partial charge >= 0.3 is 6.18 Å². The summed E-state index contributed by atoms with van der Waals surface area (Å²) in [6.07, 6.45) is -3.41. The summed E-state index contributed by atoms with van der Waals surface area (Å²) in [6.45, 7) is -1.33. The summed E-state index contributed by atoms with van der Waals surface area (Å²) >= 11 is 0. The first-order chi connectivity index (χ1) is 12.2. The van der Waals surface area contributed by atoms with Crippen molar-refractivity contribution >= 4 is 5.91 Å². The smallest absolute Gasteiger partial charge is 0.369 e. The van der Waals surface area contributed by atoms with Crippen molar-refractivity contribution in [2.75, 3.05) is 0 Å². The Labute approximate surface area is 146 Å². The number of imidazole rings is 1. The van der Waals surface area contributed by atoms with Crippen molar-refractivity contribution in [3.63, 3.8) is 0 Å². The van der Waals surface area contributed by atoms with Crippen LogP contribution >= 0.6 is 0 Å². The van der Waals surface area contributed by atoms with Gasteiger partial charge in [0.25, 0.3) is 0 Å². The molecule has 2 heterocycles. The number of halogens is 3. The minimum atomic E-state index is -4.49. The minimum absolute atomic E-state index is 0.0317. The molecule has 0 aliphatic carbocycles. The van der Waals surface area contributed by atoms with Crippen LogP contribution in [0.25, 0.3) is 22.9 Å². The van der Waals surface area contributed by atoms with Gasteiger partial charge in [-0.2, -0.15) is 18.3 Å². The minimum Gasteiger partial charge on any atom is -0.369 e. The zero-order valence-corrected chi connectivity index (χ0v) is 13.7. The lowest BCUT2D eigenvalue weighted by atomic mass is 10.2. The molecule has 1 amide bonds. The standard InChI is InChI=1S/C16H15F3N6O/c1-24-11(8-21-14(24)10-5-3-2-4-6-10)15-22-13(7-12(20)26)23-25(15)9-16(17,18)19/h2-6,8H,7,9H2,1H3,(H2,20,26). The lowest BCUT2D eigenvalue weighted by Gasteiger charge is -2.10. The van der Waals surface area contributed by atoms with Crippen molar-refractivity contribution in [2.24, 2.45) is 12.8 Å². The van der Waals surface area contributed by atoms with Gasteiger partial charge in [-0.05, 0) is 0 Å². The van der Waals surface area contributed by atoms with E-state index < -0.39 is 18.6 Å². The van der Waals surface area contributed by atoms with E-state index in [-0.39, 0.29) is 18.1 Å². The van der Waals surface area contributed by atoms with Gasteiger partial charge in [0.15, 0.2) is 11.6 Å². The third-order valence-electron chi connectivity index (χ3n) is 3.63. The maximum Gasteiger partial charge on any atom is 0.408 e. The zero-order valence-electron chi connectivity index (χ0n) is 13.7. The number of hydrogen-bond acceptors (Lipinski definition) is 4. The molecule has 136 valence electrons. The number of primary amides is 1. The second-order valence-corrected chi connectivity index (χ2v) is 5.66. The molecule has 10 heteroatoms. The zero-order chi connectivity index (χ0) is 18.9. The van der Waals surface area contributed by atoms with Crippen molar-refractivity contribution in [3.8, 4) is 22.9 Å². The summed E-state index contributed by atoms with van der Waals surface area (Å²) in [5.74, 6) is -0.260. The van der Waals surface area contributed by atoms with Crippen LogP contribution in [0.5, 0.6) is 0 Å². The first-order valence-electron chi connectivity index (χ1n) is 7.61. The molecular weight excluding hydrogens is 349 g/mol. The van der Waals surface area contributed by atoms with Crippen LogP contribution in [-0.4, -0.2) is 36.4 Å². The Morgan fingerprint density at radius 3 is 2.50 bits per heavy atom. The van der Waals surface area contributed by atoms with E-state index >= 15 is 0 Å². The van der Waals surface area contributed by atoms with Gasteiger partial charge in [0.2, 0.25) is 5.91 Å². The fourth-order valence-corrected chi connectivity index (χ4v) is 2.56. The molecule has 3 aromatic rings. The number of rotatable bonds is 5. The monoisotopic (exact) mass is 364 g/mol. The maximum atomic E-state index is 12.9. The molecular formula is C16H15F3N6O. The van der Waals surface area contributed by atoms with E-state index in [9.17, 15) is 18.0 Å². The van der Waals surface area contributed by atoms with Gasteiger partial charge < -0.3 is 10.3 Å². The molecule has 2 N–H and O–H groups in total. The Morgan fingerprint density at radius 1 is 1.19 bits per heavy atom. The molecule has 0 unspecified atom stereocenters. The van der Waals surface area contributed by atoms with Crippen LogP contribution < -0.4 is 5.73 Å². The average molecular weight is 364 g/mol. The normalized spacial score (nSPS) is 11.7. The number of aromatic nitrogens is 5. The highest BCUT2D eigenvalue weighted by atomic mass is 19.4. The summed E-state index contributed by atoms with van der Waals surface area (Å²) in [5.41, 5.74) is 6.24. The predicted octanol–water partition coefficient (Wildman–Crippen LogP) is 1.94. The van der Waals surface area contributed by atoms with Crippen LogP contribution in [0.2, 0.25) is 0 Å². The van der Waals surface area contributed by atoms with Crippen LogP contribution in [-0.2, 0) is 24.8 Å². The second-order valence-electron chi connectivity index (χ2n) is 5.66. The van der Waals surface area contributed by atoms with E-state index in [1.54, 1.807) is 11.6 Å². The van der Waals surface area contributed by atoms with Crippen LogP contribution in [0, 0.1) is 0 Å². The average Bonchev–Trinajstić information content (AvgIpc) is 3.09. The molecule has 0 saturated heterocycles. The van der Waals surface area contributed by atoms with Crippen molar-refractivity contribution < 1.29 is 18.0 Å². The Balaban J connectivity index is 2.07. The van der Waals surface area contributed by atoms with E-state index in [0.29, 0.717) is 16.2 Å². The highest BCUT2D eigenvalue weighted by Gasteiger charge is 2.31. The number of carbonyl (C=O) groups is 1. The summed E-state index contributed by atoms with van der Waals surface area (Å²) in [7, 11) is 1.67. The Kier molecular flexibility index (Phi) is 4.49. The van der Waals surface area contributed by atoms with E-state index in [1.807, 2.05) is 30.3 Å². The van der Waals surface area contributed by atoms with Gasteiger partial charge in [-0.25, -0.2) is 14.6 Å². The Bertz CT molecular complexity index is 929. The van der Waals surface area contributed by atoms with Gasteiger partial charge in [-0.3, -0.25) is 4.79 Å². The predicted molar refractivity (Wildman–Crippen MR) is 86.6 cm³/mol. The first kappa shape index (κ1) is 17.6. The van der Waals surface area contributed by atoms with Crippen molar-refractivity contribution in [2.45, 2.75) is 19.1 Å². The number of amides is 1. The molecule has 0 aliphatic rings. The molecule has 0 fully saturated rings. The van der Waals surface area contributed by atoms with E-state index in [4.69, 9.17) is 5.73 Å². The number of carbonyl (C=O) groups excluding carboxylic acids is 1. The summed E-state index contributed by atoms with van der Waals surface area (Å²) in [5, 5.41) is 3.78. The lowest BCUT2D eigenvalue weighted by molar-refractivity contribution is -0.142. The van der Waals surface area contributed by atoms with Crippen LogP contribution in [0.4, 0.5) is 13.2 Å². The largest absolute Gasteiger partial charge is 0.408 e. The molecule has 26 heavy (non-hydrogen) atoms. The van der Waals surface area contributed by atoms with Gasteiger partial charge in [0.05, 0.1) is 12.6 Å². The van der Waals surface area contributed by atoms with Gasteiger partial charge in [-0.1, -0.05) is 30.3 Å². The van der Waals surface area contributed by atoms with Gasteiger partial charge in [0.1, 0.15) is 18.1 Å². The van der Waals surface area contributed by atoms with Crippen LogP contribution in [0.3, 0.4) is 0 Å². The maximum absolute atomic E-state index is 12.9. The second kappa shape index (κ2) is 6.62. The highest BCUT2D eigenvalue weighted by molar-refractivity contribution is 5.75. The molecule has 0 atom stereocenters. The third-order valence-corrected chi connectivity index (χ3v) is 3.63. The molecule has 7 nitrogen and oxygen atoms in total. The Morgan fingerprint density at radius 2 is 1.88 bits per heavy atom. The first-order valence-corrected chi connectivity index (χ1v) is 7.61. The van der Waals surface area contributed by atoms with Gasteiger partial charge in [0, 0.05) is 12.6 Å². The van der Waals surface area contributed by atoms with Crippen molar-refractivity contribution in [1.82, 2.24) is 24.3 Å².